The summed E-state index contributed by atoms with van der Waals surface area (Å²) in [7, 11) is 1.77. The molecule has 1 aliphatic heterocycles. The highest BCUT2D eigenvalue weighted by Crippen LogP contribution is 2.43. The Kier molecular flexibility index (Phi) is 7.93. The van der Waals surface area contributed by atoms with Crippen molar-refractivity contribution in [2.24, 2.45) is 4.99 Å². The highest BCUT2D eigenvalue weighted by atomic mass is 127. The third kappa shape index (κ3) is 5.06. The maximum absolute atomic E-state index is 13.9. The van der Waals surface area contributed by atoms with E-state index >= 15 is 0 Å². The van der Waals surface area contributed by atoms with E-state index in [1.807, 2.05) is 0 Å². The molecule has 30 heavy (non-hydrogen) atoms. The summed E-state index contributed by atoms with van der Waals surface area (Å²) in [5.74, 6) is 1.26. The van der Waals surface area contributed by atoms with Crippen LogP contribution in [0.15, 0.2) is 47.5 Å². The highest BCUT2D eigenvalue weighted by Gasteiger charge is 2.38. The average molecular weight is 525 g/mol. The van der Waals surface area contributed by atoms with Crippen molar-refractivity contribution < 1.29 is 13.9 Å². The highest BCUT2D eigenvalue weighted by molar-refractivity contribution is 14.0. The maximum atomic E-state index is 13.9. The Bertz CT molecular complexity index is 872. The normalized spacial score (nSPS) is 17.1. The molecule has 0 amide bonds. The zero-order valence-electron chi connectivity index (χ0n) is 17.2. The van der Waals surface area contributed by atoms with Crippen molar-refractivity contribution in [3.8, 4) is 5.75 Å². The number of hydrogen-bond donors (Lipinski definition) is 2. The molecule has 5 nitrogen and oxygen atoms in total. The number of aliphatic imine (C=N–C) groups is 1. The fraction of sp³-hybridized carbons (Fsp3) is 0.435. The Balaban J connectivity index is 0.00000256. The van der Waals surface area contributed by atoms with Crippen molar-refractivity contribution >= 4 is 29.9 Å². The zero-order chi connectivity index (χ0) is 20.1. The molecule has 0 spiro atoms. The van der Waals surface area contributed by atoms with Gasteiger partial charge in [0.05, 0.1) is 6.61 Å². The van der Waals surface area contributed by atoms with Crippen LogP contribution in [0.3, 0.4) is 0 Å². The average Bonchev–Trinajstić information content (AvgIpc) is 2.72. The Morgan fingerprint density at radius 2 is 1.97 bits per heavy atom. The predicted octanol–water partition coefficient (Wildman–Crippen LogP) is 4.14. The lowest BCUT2D eigenvalue weighted by Crippen LogP contribution is -2.49. The van der Waals surface area contributed by atoms with Gasteiger partial charge in [0.25, 0.3) is 0 Å². The fourth-order valence-corrected chi connectivity index (χ4v) is 4.19. The number of rotatable bonds is 6. The van der Waals surface area contributed by atoms with Crippen LogP contribution in [-0.4, -0.2) is 32.9 Å². The molecular weight excluding hydrogens is 496 g/mol. The Hall–Kier alpha value is -1.87. The number of nitrogens with one attached hydrogen (secondary N) is 2. The van der Waals surface area contributed by atoms with Crippen molar-refractivity contribution in [3.05, 3.63) is 65.0 Å². The van der Waals surface area contributed by atoms with Crippen LogP contribution in [0, 0.1) is 5.82 Å². The molecule has 7 heteroatoms. The largest absolute Gasteiger partial charge is 0.467 e. The van der Waals surface area contributed by atoms with E-state index < -0.39 is 0 Å². The molecular formula is C23H29FIN3O2. The number of nitrogens with zero attached hydrogens (tertiary/aromatic N) is 1. The molecule has 0 bridgehead atoms. The monoisotopic (exact) mass is 525 g/mol. The Morgan fingerprint density at radius 3 is 2.67 bits per heavy atom. The van der Waals surface area contributed by atoms with Gasteiger partial charge >= 0.3 is 0 Å². The molecule has 1 saturated carbocycles. The van der Waals surface area contributed by atoms with Crippen LogP contribution in [0.2, 0.25) is 0 Å². The number of ether oxygens (including phenoxy) is 2. The van der Waals surface area contributed by atoms with E-state index in [1.54, 1.807) is 13.1 Å². The van der Waals surface area contributed by atoms with Gasteiger partial charge < -0.3 is 20.1 Å². The van der Waals surface area contributed by atoms with Crippen molar-refractivity contribution in [2.45, 2.75) is 37.7 Å². The first-order valence-corrected chi connectivity index (χ1v) is 10.2. The number of benzene rings is 2. The lowest BCUT2D eigenvalue weighted by atomic mass is 9.64. The molecule has 0 saturated heterocycles. The molecule has 2 aromatic carbocycles. The summed E-state index contributed by atoms with van der Waals surface area (Å²) >= 11 is 0. The minimum atomic E-state index is -0.259. The smallest absolute Gasteiger partial charge is 0.191 e. The van der Waals surface area contributed by atoms with Crippen LogP contribution in [0.1, 0.15) is 36.0 Å². The zero-order valence-corrected chi connectivity index (χ0v) is 19.6. The van der Waals surface area contributed by atoms with Crippen LogP contribution in [-0.2, 0) is 23.2 Å². The second-order valence-electron chi connectivity index (χ2n) is 7.77. The van der Waals surface area contributed by atoms with Gasteiger partial charge in [-0.1, -0.05) is 36.8 Å². The molecule has 2 aliphatic rings. The summed E-state index contributed by atoms with van der Waals surface area (Å²) in [5.41, 5.74) is 3.20. The summed E-state index contributed by atoms with van der Waals surface area (Å²) in [6.07, 6.45) is 4.29. The molecule has 1 fully saturated rings. The van der Waals surface area contributed by atoms with Crippen LogP contribution in [0.25, 0.3) is 0 Å². The van der Waals surface area contributed by atoms with E-state index in [1.165, 1.54) is 30.9 Å². The van der Waals surface area contributed by atoms with Crippen LogP contribution in [0.4, 0.5) is 4.39 Å². The molecule has 2 N–H and O–H groups in total. The summed E-state index contributed by atoms with van der Waals surface area (Å²) in [6.45, 7) is 2.09. The first-order valence-electron chi connectivity index (χ1n) is 10.2. The molecule has 1 heterocycles. The number of guanidine groups is 1. The quantitative estimate of drug-likeness (QED) is 0.338. The molecule has 162 valence electrons. The second-order valence-corrected chi connectivity index (χ2v) is 7.77. The lowest BCUT2D eigenvalue weighted by molar-refractivity contribution is -0.0172. The second kappa shape index (κ2) is 10.4. The third-order valence-electron chi connectivity index (χ3n) is 5.95. The predicted molar refractivity (Wildman–Crippen MR) is 127 cm³/mol. The van der Waals surface area contributed by atoms with E-state index in [0.29, 0.717) is 19.6 Å². The van der Waals surface area contributed by atoms with Crippen molar-refractivity contribution in [1.29, 1.82) is 0 Å². The topological polar surface area (TPSA) is 54.9 Å². The fourth-order valence-electron chi connectivity index (χ4n) is 4.19. The SMILES string of the molecule is CN=C(NCCc1cc(F)cc2c1OCOC2)NCC1(c2ccccc2)CCC1.I. The van der Waals surface area contributed by atoms with Gasteiger partial charge in [-0.05, 0) is 42.5 Å². The lowest BCUT2D eigenvalue weighted by Gasteiger charge is -2.43. The van der Waals surface area contributed by atoms with Crippen molar-refractivity contribution in [2.75, 3.05) is 26.9 Å². The number of fused-ring (bicyclic) bond motifs is 1. The van der Waals surface area contributed by atoms with E-state index in [4.69, 9.17) is 9.47 Å². The number of halogens is 2. The van der Waals surface area contributed by atoms with E-state index in [0.717, 1.165) is 29.4 Å². The van der Waals surface area contributed by atoms with Gasteiger partial charge in [-0.15, -0.1) is 24.0 Å². The van der Waals surface area contributed by atoms with Gasteiger partial charge in [0.15, 0.2) is 12.8 Å². The van der Waals surface area contributed by atoms with Gasteiger partial charge in [-0.3, -0.25) is 4.99 Å². The molecule has 0 radical (unpaired) electrons. The van der Waals surface area contributed by atoms with Crippen LogP contribution in [0.5, 0.6) is 5.75 Å². The summed E-state index contributed by atoms with van der Waals surface area (Å²) in [5, 5.41) is 6.83. The first kappa shape index (κ1) is 22.8. The molecule has 0 aromatic heterocycles. The summed E-state index contributed by atoms with van der Waals surface area (Å²) in [4.78, 5) is 4.35. The van der Waals surface area contributed by atoms with Gasteiger partial charge in [0.1, 0.15) is 11.6 Å². The third-order valence-corrected chi connectivity index (χ3v) is 5.95. The van der Waals surface area contributed by atoms with Gasteiger partial charge in [-0.2, -0.15) is 0 Å². The van der Waals surface area contributed by atoms with E-state index in [-0.39, 0.29) is 42.0 Å². The first-order chi connectivity index (χ1) is 14.2. The summed E-state index contributed by atoms with van der Waals surface area (Å²) < 4.78 is 24.7. The van der Waals surface area contributed by atoms with Crippen LogP contribution >= 0.6 is 24.0 Å². The van der Waals surface area contributed by atoms with Gasteiger partial charge in [0, 0.05) is 31.1 Å². The standard InChI is InChI=1S/C23H28FN3O2.HI/c1-25-22(27-15-23(9-5-10-23)19-6-3-2-4-7-19)26-11-8-17-12-20(24)13-18-14-28-16-29-21(17)18;/h2-4,6-7,12-13H,5,8-11,14-16H2,1H3,(H2,25,26,27);1H. The van der Waals surface area contributed by atoms with Crippen molar-refractivity contribution in [1.82, 2.24) is 10.6 Å². The molecule has 0 atom stereocenters. The van der Waals surface area contributed by atoms with Gasteiger partial charge in [0.2, 0.25) is 0 Å². The summed E-state index contributed by atoms with van der Waals surface area (Å²) in [6, 6.07) is 13.7. The Labute approximate surface area is 194 Å². The van der Waals surface area contributed by atoms with E-state index in [2.05, 4.69) is 46.0 Å². The maximum Gasteiger partial charge on any atom is 0.191 e. The van der Waals surface area contributed by atoms with E-state index in [9.17, 15) is 4.39 Å². The van der Waals surface area contributed by atoms with Gasteiger partial charge in [-0.25, -0.2) is 4.39 Å². The molecule has 1 aliphatic carbocycles. The van der Waals surface area contributed by atoms with Crippen molar-refractivity contribution in [3.63, 3.8) is 0 Å². The molecule has 2 aromatic rings. The minimum Gasteiger partial charge on any atom is -0.467 e. The molecule has 4 rings (SSSR count). The Morgan fingerprint density at radius 1 is 1.17 bits per heavy atom. The van der Waals surface area contributed by atoms with Crippen LogP contribution < -0.4 is 15.4 Å². The minimum absolute atomic E-state index is 0. The molecule has 0 unspecified atom stereocenters. The number of hydrogen-bond acceptors (Lipinski definition) is 3.